The minimum Gasteiger partial charge on any atom is -0.367 e. The fraction of sp³-hybridized carbons (Fsp3) is 0.250. The van der Waals surface area contributed by atoms with Gasteiger partial charge in [0.1, 0.15) is 0 Å². The van der Waals surface area contributed by atoms with Crippen LogP contribution in [-0.4, -0.2) is 23.8 Å². The minimum atomic E-state index is -0.714. The van der Waals surface area contributed by atoms with Crippen LogP contribution in [-0.2, 0) is 9.53 Å². The van der Waals surface area contributed by atoms with E-state index in [1.165, 1.54) is 18.2 Å². The van der Waals surface area contributed by atoms with E-state index in [9.17, 15) is 4.79 Å². The van der Waals surface area contributed by atoms with Gasteiger partial charge in [0.2, 0.25) is 0 Å². The minimum absolute atomic E-state index is 0.320. The van der Waals surface area contributed by atoms with Gasteiger partial charge in [-0.25, -0.2) is 5.43 Å². The van der Waals surface area contributed by atoms with Crippen molar-refractivity contribution in [1.29, 1.82) is 0 Å². The van der Waals surface area contributed by atoms with Gasteiger partial charge in [0.25, 0.3) is 5.91 Å². The lowest BCUT2D eigenvalue weighted by atomic mass is 10.1. The summed E-state index contributed by atoms with van der Waals surface area (Å²) >= 11 is 3.69. The van der Waals surface area contributed by atoms with Crippen LogP contribution in [0, 0.1) is 27.7 Å². The first kappa shape index (κ1) is 22.0. The van der Waals surface area contributed by atoms with Crippen molar-refractivity contribution >= 4 is 28.1 Å². The van der Waals surface area contributed by atoms with E-state index in [1.807, 2.05) is 37.3 Å². The highest BCUT2D eigenvalue weighted by atomic mass is 79.9. The number of hydrogen-bond donors (Lipinski definition) is 1. The maximum atomic E-state index is 12.5. The van der Waals surface area contributed by atoms with Crippen molar-refractivity contribution in [1.82, 2.24) is 9.99 Å². The quantitative estimate of drug-likeness (QED) is 0.394. The van der Waals surface area contributed by atoms with Gasteiger partial charge in [-0.3, -0.25) is 4.79 Å². The summed E-state index contributed by atoms with van der Waals surface area (Å²) in [5.41, 5.74) is 9.94. The number of carbonyl (C=O) groups excluding carboxylic acids is 1. The van der Waals surface area contributed by atoms with E-state index in [-0.39, 0.29) is 5.91 Å². The van der Waals surface area contributed by atoms with Crippen LogP contribution in [0.3, 0.4) is 0 Å². The first-order valence-electron chi connectivity index (χ1n) is 9.70. The topological polar surface area (TPSA) is 55.6 Å². The zero-order valence-electron chi connectivity index (χ0n) is 17.9. The number of hydrogen-bond acceptors (Lipinski definition) is 3. The summed E-state index contributed by atoms with van der Waals surface area (Å²) in [4.78, 5) is 12.5. The van der Waals surface area contributed by atoms with Gasteiger partial charge >= 0.3 is 0 Å². The first-order valence-corrected chi connectivity index (χ1v) is 10.5. The molecule has 1 atom stereocenters. The molecule has 2 aromatic carbocycles. The van der Waals surface area contributed by atoms with Gasteiger partial charge < -0.3 is 9.30 Å². The molecule has 1 aromatic heterocycles. The molecule has 1 amide bonds. The monoisotopic (exact) mass is 467 g/mol. The van der Waals surface area contributed by atoms with E-state index in [2.05, 4.69) is 70.0 Å². The van der Waals surface area contributed by atoms with E-state index in [0.717, 1.165) is 32.7 Å². The summed E-state index contributed by atoms with van der Waals surface area (Å²) in [7, 11) is 1.51. The molecular formula is C24H26BrN3O2. The van der Waals surface area contributed by atoms with Crippen LogP contribution < -0.4 is 5.43 Å². The summed E-state index contributed by atoms with van der Waals surface area (Å²) in [6.45, 7) is 8.29. The number of hydrazone groups is 1. The number of ether oxygens (including phenoxy) is 1. The smallest absolute Gasteiger partial charge is 0.273 e. The van der Waals surface area contributed by atoms with Crippen molar-refractivity contribution < 1.29 is 9.53 Å². The molecule has 0 saturated carbocycles. The standard InChI is InChI=1S/C24H26BrN3O2/c1-15-11-12-16(2)21(13-15)28-17(3)20(22(25)18(28)4)14-26-27-24(29)23(30-5)19-9-7-6-8-10-19/h6-14,23H,1-5H3,(H,27,29)/b26-14-/t23-/m0/s1. The maximum Gasteiger partial charge on any atom is 0.273 e. The molecule has 6 heteroatoms. The summed E-state index contributed by atoms with van der Waals surface area (Å²) in [6.07, 6.45) is 0.957. The number of amides is 1. The molecule has 1 N–H and O–H groups in total. The molecule has 0 bridgehead atoms. The molecular weight excluding hydrogens is 442 g/mol. The Bertz CT molecular complexity index is 1090. The van der Waals surface area contributed by atoms with Gasteiger partial charge in [-0.2, -0.15) is 5.10 Å². The molecule has 0 aliphatic rings. The molecule has 0 aliphatic heterocycles. The van der Waals surface area contributed by atoms with Crippen molar-refractivity contribution in [2.45, 2.75) is 33.8 Å². The molecule has 0 saturated heterocycles. The highest BCUT2D eigenvalue weighted by molar-refractivity contribution is 9.10. The number of methoxy groups -OCH3 is 1. The zero-order chi connectivity index (χ0) is 21.8. The fourth-order valence-electron chi connectivity index (χ4n) is 3.54. The Kier molecular flexibility index (Phi) is 6.90. The van der Waals surface area contributed by atoms with Crippen LogP contribution in [0.15, 0.2) is 58.1 Å². The van der Waals surface area contributed by atoms with Crippen LogP contribution in [0.25, 0.3) is 5.69 Å². The molecule has 0 spiro atoms. The molecule has 3 rings (SSSR count). The predicted molar refractivity (Wildman–Crippen MR) is 124 cm³/mol. The van der Waals surface area contributed by atoms with Gasteiger partial charge in [0, 0.05) is 34.2 Å². The largest absolute Gasteiger partial charge is 0.367 e. The Morgan fingerprint density at radius 3 is 2.47 bits per heavy atom. The molecule has 3 aromatic rings. The highest BCUT2D eigenvalue weighted by Crippen LogP contribution is 2.31. The molecule has 30 heavy (non-hydrogen) atoms. The third-order valence-corrected chi connectivity index (χ3v) is 6.17. The molecule has 0 aliphatic carbocycles. The zero-order valence-corrected chi connectivity index (χ0v) is 19.4. The van der Waals surface area contributed by atoms with E-state index < -0.39 is 6.10 Å². The lowest BCUT2D eigenvalue weighted by molar-refractivity contribution is -0.131. The fourth-order valence-corrected chi connectivity index (χ4v) is 4.10. The Labute approximate surface area is 185 Å². The number of aromatic nitrogens is 1. The highest BCUT2D eigenvalue weighted by Gasteiger charge is 2.20. The number of nitrogens with zero attached hydrogens (tertiary/aromatic N) is 2. The third kappa shape index (κ3) is 4.40. The molecule has 1 heterocycles. The SMILES string of the molecule is CO[C@H](C(=O)N/N=C\c1c(Br)c(C)n(-c2cc(C)ccc2C)c1C)c1ccccc1. The van der Waals surface area contributed by atoms with Crippen LogP contribution in [0.4, 0.5) is 0 Å². The average molecular weight is 468 g/mol. The normalized spacial score (nSPS) is 12.3. The predicted octanol–water partition coefficient (Wildman–Crippen LogP) is 5.31. The summed E-state index contributed by atoms with van der Waals surface area (Å²) in [5, 5.41) is 4.20. The van der Waals surface area contributed by atoms with Gasteiger partial charge in [-0.15, -0.1) is 0 Å². The lowest BCUT2D eigenvalue weighted by Gasteiger charge is -2.14. The van der Waals surface area contributed by atoms with Crippen molar-refractivity contribution in [3.63, 3.8) is 0 Å². The van der Waals surface area contributed by atoms with E-state index in [4.69, 9.17) is 4.74 Å². The van der Waals surface area contributed by atoms with E-state index in [0.29, 0.717) is 0 Å². The van der Waals surface area contributed by atoms with Gasteiger partial charge in [0.05, 0.1) is 6.21 Å². The molecule has 0 unspecified atom stereocenters. The van der Waals surface area contributed by atoms with Crippen LogP contribution in [0.5, 0.6) is 0 Å². The van der Waals surface area contributed by atoms with Crippen LogP contribution in [0.2, 0.25) is 0 Å². The number of nitrogens with one attached hydrogen (secondary N) is 1. The van der Waals surface area contributed by atoms with Crippen LogP contribution in [0.1, 0.15) is 39.7 Å². The number of halogens is 1. The Balaban J connectivity index is 1.86. The first-order chi connectivity index (χ1) is 14.3. The van der Waals surface area contributed by atoms with Crippen molar-refractivity contribution in [3.8, 4) is 5.69 Å². The van der Waals surface area contributed by atoms with E-state index >= 15 is 0 Å². The number of aryl methyl sites for hydroxylation is 2. The van der Waals surface area contributed by atoms with Gasteiger partial charge in [0.15, 0.2) is 6.10 Å². The second-order valence-corrected chi connectivity index (χ2v) is 8.08. The molecule has 5 nitrogen and oxygen atoms in total. The van der Waals surface area contributed by atoms with Crippen LogP contribution >= 0.6 is 15.9 Å². The van der Waals surface area contributed by atoms with Gasteiger partial charge in [-0.05, 0) is 66.4 Å². The Morgan fingerprint density at radius 1 is 1.10 bits per heavy atom. The molecule has 0 fully saturated rings. The third-order valence-electron chi connectivity index (χ3n) is 5.16. The summed E-state index contributed by atoms with van der Waals surface area (Å²) in [6, 6.07) is 15.8. The van der Waals surface area contributed by atoms with Crippen molar-refractivity contribution in [2.24, 2.45) is 5.10 Å². The second kappa shape index (κ2) is 9.41. The maximum absolute atomic E-state index is 12.5. The number of rotatable bonds is 6. The number of benzene rings is 2. The Morgan fingerprint density at radius 2 is 1.80 bits per heavy atom. The summed E-state index contributed by atoms with van der Waals surface area (Å²) < 4.78 is 8.51. The lowest BCUT2D eigenvalue weighted by Crippen LogP contribution is -2.26. The van der Waals surface area contributed by atoms with Crippen molar-refractivity contribution in [2.75, 3.05) is 7.11 Å². The molecule has 0 radical (unpaired) electrons. The molecule has 156 valence electrons. The average Bonchev–Trinajstić information content (AvgIpc) is 2.94. The van der Waals surface area contributed by atoms with E-state index in [1.54, 1.807) is 6.21 Å². The van der Waals surface area contributed by atoms with Gasteiger partial charge in [-0.1, -0.05) is 42.5 Å². The number of carbonyl (C=O) groups is 1. The second-order valence-electron chi connectivity index (χ2n) is 7.28. The summed E-state index contributed by atoms with van der Waals surface area (Å²) in [5.74, 6) is -0.320. The van der Waals surface area contributed by atoms with Crippen molar-refractivity contribution in [3.05, 3.63) is 86.6 Å². The Hall–Kier alpha value is -2.70.